The molecule has 0 aliphatic heterocycles. The van der Waals surface area contributed by atoms with Crippen LogP contribution in [-0.4, -0.2) is 34.5 Å². The molecule has 1 heterocycles. The predicted octanol–water partition coefficient (Wildman–Crippen LogP) is 4.16. The van der Waals surface area contributed by atoms with E-state index in [-0.39, 0.29) is 16.0 Å². The topological polar surface area (TPSA) is 140 Å². The first-order valence-electron chi connectivity index (χ1n) is 9.77. The van der Waals surface area contributed by atoms with Gasteiger partial charge in [0.2, 0.25) is 0 Å². The third kappa shape index (κ3) is 5.04. The fourth-order valence-corrected chi connectivity index (χ4v) is 4.58. The van der Waals surface area contributed by atoms with Crippen molar-refractivity contribution < 1.29 is 28.2 Å². The molecule has 170 valence electrons. The molecule has 4 N–H and O–H groups in total. The van der Waals surface area contributed by atoms with Crippen molar-refractivity contribution in [2.24, 2.45) is 0 Å². The summed E-state index contributed by atoms with van der Waals surface area (Å²) in [7, 11) is -3.59. The number of carbonyl (C=O) groups is 2. The number of nitrogen functional groups attached to an aromatic ring is 1. The van der Waals surface area contributed by atoms with Crippen LogP contribution in [0, 0.1) is 13.8 Å². The summed E-state index contributed by atoms with van der Waals surface area (Å²) in [6.07, 6.45) is 1.54. The molecule has 0 aliphatic rings. The van der Waals surface area contributed by atoms with Gasteiger partial charge in [-0.05, 0) is 67.9 Å². The Morgan fingerprint density at radius 3 is 1.94 bits per heavy atom. The monoisotopic (exact) mass is 466 g/mol. The highest BCUT2D eigenvalue weighted by molar-refractivity contribution is 7.90. The van der Waals surface area contributed by atoms with Gasteiger partial charge in [0.25, 0.3) is 10.0 Å². The fourth-order valence-electron chi connectivity index (χ4n) is 3.23. The number of aryl methyl sites for hydroxylation is 2. The van der Waals surface area contributed by atoms with E-state index in [0.717, 1.165) is 17.0 Å². The normalized spacial score (nSPS) is 11.0. The second kappa shape index (κ2) is 9.17. The van der Waals surface area contributed by atoms with E-state index in [9.17, 15) is 18.0 Å². The van der Waals surface area contributed by atoms with Crippen LogP contribution in [0.4, 0.5) is 5.69 Å². The third-order valence-electron chi connectivity index (χ3n) is 4.88. The van der Waals surface area contributed by atoms with Crippen LogP contribution in [0.15, 0.2) is 77.8 Å². The number of fused-ring (bicyclic) bond motifs is 1. The van der Waals surface area contributed by atoms with Crippen molar-refractivity contribution in [3.63, 3.8) is 0 Å². The quantitative estimate of drug-likeness (QED) is 0.384. The summed E-state index contributed by atoms with van der Waals surface area (Å²) in [6.45, 7) is 3.57. The van der Waals surface area contributed by atoms with Crippen LogP contribution in [-0.2, 0) is 10.0 Å². The predicted molar refractivity (Wildman–Crippen MR) is 125 cm³/mol. The number of carboxylic acids is 2. The minimum absolute atomic E-state index is 0.00241. The molecule has 0 radical (unpaired) electrons. The van der Waals surface area contributed by atoms with Gasteiger partial charge in [-0.3, -0.25) is 0 Å². The van der Waals surface area contributed by atoms with Crippen LogP contribution in [0.1, 0.15) is 31.8 Å². The number of aromatic nitrogens is 1. The maximum atomic E-state index is 12.7. The Balaban J connectivity index is 0.000000205. The SMILES string of the molecule is Cc1cc(C(=O)O)cc(C(=O)O)c1.Cc1ccc(S(=O)(=O)n2ccc3c(N)cccc32)cc1. The van der Waals surface area contributed by atoms with Gasteiger partial charge in [-0.1, -0.05) is 23.8 Å². The molecule has 0 saturated carbocycles. The smallest absolute Gasteiger partial charge is 0.335 e. The molecule has 0 atom stereocenters. The summed E-state index contributed by atoms with van der Waals surface area (Å²) in [5.41, 5.74) is 8.66. The summed E-state index contributed by atoms with van der Waals surface area (Å²) in [4.78, 5) is 21.3. The first-order chi connectivity index (χ1) is 15.5. The summed E-state index contributed by atoms with van der Waals surface area (Å²) >= 11 is 0. The van der Waals surface area contributed by atoms with Crippen LogP contribution < -0.4 is 5.73 Å². The molecule has 0 bridgehead atoms. The van der Waals surface area contributed by atoms with Crippen LogP contribution in [0.2, 0.25) is 0 Å². The standard InChI is InChI=1S/C15H14N2O2S.C9H8O4/c1-11-5-7-12(8-6-11)20(18,19)17-10-9-13-14(16)3-2-4-15(13)17;1-5-2-6(8(10)11)4-7(3-5)9(12)13/h2-10H,16H2,1H3;2-4H,1H3,(H,10,11)(H,12,13). The molecule has 4 aromatic rings. The molecule has 0 spiro atoms. The van der Waals surface area contributed by atoms with Crippen LogP contribution in [0.3, 0.4) is 0 Å². The Bertz CT molecular complexity index is 1420. The highest BCUT2D eigenvalue weighted by atomic mass is 32.2. The molecule has 9 heteroatoms. The van der Waals surface area contributed by atoms with Crippen molar-refractivity contribution >= 4 is 38.6 Å². The molecule has 0 unspecified atom stereocenters. The van der Waals surface area contributed by atoms with Gasteiger partial charge in [0.05, 0.1) is 21.5 Å². The van der Waals surface area contributed by atoms with Gasteiger partial charge in [-0.25, -0.2) is 22.0 Å². The Kier molecular flexibility index (Phi) is 6.55. The molecule has 1 aromatic heterocycles. The van der Waals surface area contributed by atoms with Gasteiger partial charge in [0, 0.05) is 17.3 Å². The van der Waals surface area contributed by atoms with E-state index in [1.54, 1.807) is 55.5 Å². The van der Waals surface area contributed by atoms with E-state index in [1.165, 1.54) is 22.3 Å². The lowest BCUT2D eigenvalue weighted by molar-refractivity contribution is 0.0696. The zero-order valence-electron chi connectivity index (χ0n) is 17.9. The minimum Gasteiger partial charge on any atom is -0.478 e. The van der Waals surface area contributed by atoms with E-state index in [4.69, 9.17) is 15.9 Å². The van der Waals surface area contributed by atoms with Crippen LogP contribution in [0.5, 0.6) is 0 Å². The number of rotatable bonds is 4. The number of nitrogens with zero attached hydrogens (tertiary/aromatic N) is 1. The first-order valence-corrected chi connectivity index (χ1v) is 11.2. The number of anilines is 1. The Labute approximate surface area is 190 Å². The van der Waals surface area contributed by atoms with Crippen molar-refractivity contribution in [2.45, 2.75) is 18.7 Å². The maximum Gasteiger partial charge on any atom is 0.335 e. The van der Waals surface area contributed by atoms with E-state index in [1.807, 2.05) is 6.92 Å². The van der Waals surface area contributed by atoms with Gasteiger partial charge >= 0.3 is 11.9 Å². The van der Waals surface area contributed by atoms with Gasteiger partial charge in [-0.2, -0.15) is 0 Å². The van der Waals surface area contributed by atoms with E-state index < -0.39 is 22.0 Å². The second-order valence-corrected chi connectivity index (χ2v) is 9.22. The zero-order chi connectivity index (χ0) is 24.3. The first kappa shape index (κ1) is 23.6. The van der Waals surface area contributed by atoms with E-state index in [0.29, 0.717) is 16.8 Å². The Morgan fingerprint density at radius 1 is 0.818 bits per heavy atom. The molecule has 3 aromatic carbocycles. The summed E-state index contributed by atoms with van der Waals surface area (Å²) in [5.74, 6) is -2.24. The molecular formula is C24H22N2O6S. The average molecular weight is 467 g/mol. The van der Waals surface area contributed by atoms with E-state index >= 15 is 0 Å². The average Bonchev–Trinajstić information content (AvgIpc) is 3.20. The molecule has 0 fully saturated rings. The van der Waals surface area contributed by atoms with Crippen molar-refractivity contribution in [3.8, 4) is 0 Å². The largest absolute Gasteiger partial charge is 0.478 e. The molecular weight excluding hydrogens is 444 g/mol. The summed E-state index contributed by atoms with van der Waals surface area (Å²) in [6, 6.07) is 17.8. The summed E-state index contributed by atoms with van der Waals surface area (Å²) < 4.78 is 26.6. The number of benzene rings is 3. The highest BCUT2D eigenvalue weighted by Crippen LogP contribution is 2.26. The van der Waals surface area contributed by atoms with Crippen LogP contribution >= 0.6 is 0 Å². The van der Waals surface area contributed by atoms with Crippen LogP contribution in [0.25, 0.3) is 10.9 Å². The molecule has 33 heavy (non-hydrogen) atoms. The van der Waals surface area contributed by atoms with Crippen molar-refractivity contribution in [1.82, 2.24) is 3.97 Å². The molecule has 8 nitrogen and oxygen atoms in total. The lowest BCUT2D eigenvalue weighted by Gasteiger charge is -2.08. The Hall–Kier alpha value is -4.11. The Morgan fingerprint density at radius 2 is 1.39 bits per heavy atom. The second-order valence-electron chi connectivity index (χ2n) is 7.41. The summed E-state index contributed by atoms with van der Waals surface area (Å²) in [5, 5.41) is 18.0. The number of hydrogen-bond donors (Lipinski definition) is 3. The number of carboxylic acid groups (broad SMARTS) is 2. The minimum atomic E-state index is -3.59. The third-order valence-corrected chi connectivity index (χ3v) is 6.58. The number of aromatic carboxylic acids is 2. The molecule has 0 saturated heterocycles. The molecule has 0 aliphatic carbocycles. The number of hydrogen-bond acceptors (Lipinski definition) is 5. The lowest BCUT2D eigenvalue weighted by Crippen LogP contribution is -2.11. The van der Waals surface area contributed by atoms with Crippen molar-refractivity contribution in [3.05, 3.63) is 95.2 Å². The van der Waals surface area contributed by atoms with E-state index in [2.05, 4.69) is 0 Å². The fraction of sp³-hybridized carbons (Fsp3) is 0.0833. The van der Waals surface area contributed by atoms with Gasteiger partial charge in [-0.15, -0.1) is 0 Å². The number of nitrogens with two attached hydrogens (primary N) is 1. The van der Waals surface area contributed by atoms with Crippen molar-refractivity contribution in [1.29, 1.82) is 0 Å². The van der Waals surface area contributed by atoms with Gasteiger partial charge < -0.3 is 15.9 Å². The highest BCUT2D eigenvalue weighted by Gasteiger charge is 2.19. The maximum absolute atomic E-state index is 12.7. The van der Waals surface area contributed by atoms with Gasteiger partial charge in [0.1, 0.15) is 0 Å². The van der Waals surface area contributed by atoms with Gasteiger partial charge in [0.15, 0.2) is 0 Å². The molecule has 4 rings (SSSR count). The molecule has 0 amide bonds. The zero-order valence-corrected chi connectivity index (χ0v) is 18.7. The van der Waals surface area contributed by atoms with Crippen molar-refractivity contribution in [2.75, 3.05) is 5.73 Å². The lowest BCUT2D eigenvalue weighted by atomic mass is 10.1.